The third-order valence-electron chi connectivity index (χ3n) is 6.22. The summed E-state index contributed by atoms with van der Waals surface area (Å²) < 4.78 is 32.8. The van der Waals surface area contributed by atoms with Crippen LogP contribution in [0.2, 0.25) is 0 Å². The van der Waals surface area contributed by atoms with Gasteiger partial charge in [-0.2, -0.15) is 0 Å². The quantitative estimate of drug-likeness (QED) is 0.111. The smallest absolute Gasteiger partial charge is 0.336 e. The fraction of sp³-hybridized carbons (Fsp3) is 0.0909. The first-order chi connectivity index (χ1) is 20.0. The Morgan fingerprint density at radius 2 is 1.39 bits per heavy atom. The number of methoxy groups -OCH3 is 3. The number of hydrogen-bond donors (Lipinski definition) is 0. The van der Waals surface area contributed by atoms with Crippen LogP contribution in [0.15, 0.2) is 106 Å². The maximum atomic E-state index is 13.0. The second-order valence-corrected chi connectivity index (χ2v) is 8.79. The van der Waals surface area contributed by atoms with Gasteiger partial charge in [0, 0.05) is 12.1 Å². The first-order valence-corrected chi connectivity index (χ1v) is 12.6. The highest BCUT2D eigenvalue weighted by Crippen LogP contribution is 2.38. The normalized spacial score (nSPS) is 10.9. The number of benzene rings is 4. The molecule has 0 amide bonds. The Morgan fingerprint density at radius 1 is 0.732 bits per heavy atom. The highest BCUT2D eigenvalue weighted by Gasteiger charge is 2.14. The first-order valence-electron chi connectivity index (χ1n) is 12.6. The lowest BCUT2D eigenvalue weighted by molar-refractivity contribution is -0.128. The van der Waals surface area contributed by atoms with Crippen molar-refractivity contribution in [1.82, 2.24) is 0 Å². The largest absolute Gasteiger partial charge is 0.493 e. The van der Waals surface area contributed by atoms with Gasteiger partial charge >= 0.3 is 5.97 Å². The van der Waals surface area contributed by atoms with Gasteiger partial charge in [0.15, 0.2) is 11.5 Å². The van der Waals surface area contributed by atoms with Gasteiger partial charge in [0.25, 0.3) is 0 Å². The van der Waals surface area contributed by atoms with E-state index in [2.05, 4.69) is 0 Å². The molecule has 0 unspecified atom stereocenters. The molecular weight excluding hydrogens is 524 g/mol. The second-order valence-electron chi connectivity index (χ2n) is 8.79. The Balaban J connectivity index is 1.29. The van der Waals surface area contributed by atoms with Crippen LogP contribution < -0.4 is 29.1 Å². The minimum atomic E-state index is -0.626. The van der Waals surface area contributed by atoms with Crippen molar-refractivity contribution in [3.05, 3.63) is 113 Å². The van der Waals surface area contributed by atoms with E-state index in [1.165, 1.54) is 51.9 Å². The SMILES string of the molecule is COc1cc(/C=C/C(=O)Oc2ccc3c(=O)c(Oc4ccc(-c5ccccc5)cc4)coc3c2)cc(OC)c1OC. The van der Waals surface area contributed by atoms with Gasteiger partial charge < -0.3 is 28.1 Å². The molecule has 0 aliphatic carbocycles. The van der Waals surface area contributed by atoms with Gasteiger partial charge in [0.05, 0.1) is 26.7 Å². The van der Waals surface area contributed by atoms with Crippen molar-refractivity contribution in [1.29, 1.82) is 0 Å². The molecule has 41 heavy (non-hydrogen) atoms. The molecule has 0 bridgehead atoms. The van der Waals surface area contributed by atoms with Crippen LogP contribution in [0.4, 0.5) is 0 Å². The van der Waals surface area contributed by atoms with E-state index in [4.69, 9.17) is 28.1 Å². The van der Waals surface area contributed by atoms with E-state index in [1.807, 2.05) is 42.5 Å². The molecule has 1 heterocycles. The zero-order valence-electron chi connectivity index (χ0n) is 22.6. The number of carbonyl (C=O) groups excluding carboxylic acids is 1. The molecule has 8 heteroatoms. The standard InChI is InChI=1S/C33H26O8/c1-36-28-17-21(18-29(37-2)33(28)38-3)9-16-31(34)41-25-14-15-26-27(19-25)39-20-30(32(26)35)40-24-12-10-23(11-13-24)22-7-5-4-6-8-22/h4-20H,1-3H3/b16-9+. The Bertz CT molecular complexity index is 1740. The molecule has 8 nitrogen and oxygen atoms in total. The van der Waals surface area contributed by atoms with E-state index in [9.17, 15) is 9.59 Å². The Hall–Kier alpha value is -5.50. The lowest BCUT2D eigenvalue weighted by atomic mass is 10.1. The molecule has 0 saturated carbocycles. The Kier molecular flexibility index (Phi) is 8.01. The van der Waals surface area contributed by atoms with Crippen molar-refractivity contribution in [3.63, 3.8) is 0 Å². The fourth-order valence-corrected chi connectivity index (χ4v) is 4.21. The average molecular weight is 551 g/mol. The van der Waals surface area contributed by atoms with Crippen LogP contribution in [-0.4, -0.2) is 27.3 Å². The van der Waals surface area contributed by atoms with Gasteiger partial charge in [-0.25, -0.2) is 4.79 Å². The highest BCUT2D eigenvalue weighted by molar-refractivity contribution is 5.90. The third-order valence-corrected chi connectivity index (χ3v) is 6.22. The van der Waals surface area contributed by atoms with Gasteiger partial charge in [-0.1, -0.05) is 42.5 Å². The molecule has 5 aromatic rings. The summed E-state index contributed by atoms with van der Waals surface area (Å²) >= 11 is 0. The van der Waals surface area contributed by atoms with Gasteiger partial charge in [-0.3, -0.25) is 4.79 Å². The summed E-state index contributed by atoms with van der Waals surface area (Å²) in [7, 11) is 4.53. The van der Waals surface area contributed by atoms with E-state index in [1.54, 1.807) is 30.3 Å². The monoisotopic (exact) mass is 550 g/mol. The number of carbonyl (C=O) groups is 1. The maximum Gasteiger partial charge on any atom is 0.336 e. The Labute approximate surface area is 235 Å². The van der Waals surface area contributed by atoms with Crippen LogP contribution >= 0.6 is 0 Å². The first kappa shape index (κ1) is 27.1. The van der Waals surface area contributed by atoms with E-state index < -0.39 is 5.97 Å². The van der Waals surface area contributed by atoms with Gasteiger partial charge in [-0.05, 0) is 59.2 Å². The number of rotatable bonds is 9. The zero-order valence-corrected chi connectivity index (χ0v) is 22.6. The molecule has 1 aromatic heterocycles. The summed E-state index contributed by atoms with van der Waals surface area (Å²) in [5, 5.41) is 0.288. The summed E-state index contributed by atoms with van der Waals surface area (Å²) in [4.78, 5) is 25.5. The van der Waals surface area contributed by atoms with Crippen molar-refractivity contribution in [2.75, 3.05) is 21.3 Å². The van der Waals surface area contributed by atoms with Gasteiger partial charge in [-0.15, -0.1) is 0 Å². The summed E-state index contributed by atoms with van der Waals surface area (Å²) in [6, 6.07) is 25.3. The predicted molar refractivity (Wildman–Crippen MR) is 155 cm³/mol. The molecule has 0 saturated heterocycles. The minimum Gasteiger partial charge on any atom is -0.493 e. The van der Waals surface area contributed by atoms with Crippen LogP contribution in [0, 0.1) is 0 Å². The van der Waals surface area contributed by atoms with Crippen molar-refractivity contribution in [2.45, 2.75) is 0 Å². The third kappa shape index (κ3) is 6.07. The van der Waals surface area contributed by atoms with Crippen LogP contribution in [-0.2, 0) is 4.79 Å². The fourth-order valence-electron chi connectivity index (χ4n) is 4.21. The molecule has 0 atom stereocenters. The number of ether oxygens (including phenoxy) is 5. The van der Waals surface area contributed by atoms with Crippen LogP contribution in [0.25, 0.3) is 28.2 Å². The number of esters is 1. The molecule has 0 aliphatic heterocycles. The molecule has 4 aromatic carbocycles. The maximum absolute atomic E-state index is 13.0. The van der Waals surface area contributed by atoms with Gasteiger partial charge in [0.1, 0.15) is 23.3 Å². The van der Waals surface area contributed by atoms with Crippen molar-refractivity contribution < 1.29 is 32.9 Å². The second kappa shape index (κ2) is 12.1. The lowest BCUT2D eigenvalue weighted by Gasteiger charge is -2.12. The number of hydrogen-bond acceptors (Lipinski definition) is 8. The van der Waals surface area contributed by atoms with Crippen LogP contribution in [0.3, 0.4) is 0 Å². The van der Waals surface area contributed by atoms with Gasteiger partial charge in [0.2, 0.25) is 16.9 Å². The van der Waals surface area contributed by atoms with E-state index >= 15 is 0 Å². The van der Waals surface area contributed by atoms with E-state index in [0.717, 1.165) is 11.1 Å². The molecular formula is C33H26O8. The average Bonchev–Trinajstić information content (AvgIpc) is 3.01. The highest BCUT2D eigenvalue weighted by atomic mass is 16.5. The van der Waals surface area contributed by atoms with Crippen molar-refractivity contribution in [2.24, 2.45) is 0 Å². The molecule has 0 aliphatic rings. The van der Waals surface area contributed by atoms with Crippen molar-refractivity contribution >= 4 is 23.0 Å². The Morgan fingerprint density at radius 3 is 2.05 bits per heavy atom. The molecule has 206 valence electrons. The zero-order chi connectivity index (χ0) is 28.8. The number of fused-ring (bicyclic) bond motifs is 1. The van der Waals surface area contributed by atoms with E-state index in [0.29, 0.717) is 28.6 Å². The van der Waals surface area contributed by atoms with Crippen molar-refractivity contribution in [3.8, 4) is 45.6 Å². The predicted octanol–water partition coefficient (Wildman–Crippen LogP) is 6.90. The molecule has 0 spiro atoms. The summed E-state index contributed by atoms with van der Waals surface area (Å²) in [5.41, 5.74) is 2.66. The summed E-state index contributed by atoms with van der Waals surface area (Å²) in [5.74, 6) is 1.49. The van der Waals surface area contributed by atoms with E-state index in [-0.39, 0.29) is 27.9 Å². The molecule has 0 N–H and O–H groups in total. The molecule has 5 rings (SSSR count). The summed E-state index contributed by atoms with van der Waals surface area (Å²) in [6.07, 6.45) is 4.07. The lowest BCUT2D eigenvalue weighted by Crippen LogP contribution is -2.06. The molecule has 0 fully saturated rings. The summed E-state index contributed by atoms with van der Waals surface area (Å²) in [6.45, 7) is 0. The van der Waals surface area contributed by atoms with Crippen LogP contribution in [0.1, 0.15) is 5.56 Å². The minimum absolute atomic E-state index is 0.0444. The topological polar surface area (TPSA) is 93.4 Å². The molecule has 0 radical (unpaired) electrons. The van der Waals surface area contributed by atoms with Crippen LogP contribution in [0.5, 0.6) is 34.5 Å².